The van der Waals surface area contributed by atoms with Crippen molar-refractivity contribution < 1.29 is 4.79 Å². The molecule has 4 heteroatoms. The molecular formula is C24H25ClN2O. The topological polar surface area (TPSA) is 25.2 Å². The van der Waals surface area contributed by atoms with Gasteiger partial charge in [-0.15, -0.1) is 0 Å². The van der Waals surface area contributed by atoms with E-state index in [0.717, 1.165) is 28.2 Å². The van der Waals surface area contributed by atoms with Gasteiger partial charge in [0.2, 0.25) is 0 Å². The third kappa shape index (κ3) is 3.14. The Labute approximate surface area is 171 Å². The van der Waals surface area contributed by atoms with Crippen LogP contribution in [-0.4, -0.2) is 10.5 Å². The molecule has 0 saturated carbocycles. The van der Waals surface area contributed by atoms with Crippen LogP contribution in [0.15, 0.2) is 54.6 Å². The summed E-state index contributed by atoms with van der Waals surface area (Å²) in [5.41, 5.74) is 6.49. The Balaban J connectivity index is 1.74. The zero-order chi connectivity index (χ0) is 20.0. The molecule has 1 aliphatic rings. The summed E-state index contributed by atoms with van der Waals surface area (Å²) in [4.78, 5) is 15.4. The molecule has 144 valence electrons. The number of fused-ring (bicyclic) bond motifs is 1. The Morgan fingerprint density at radius 2 is 1.61 bits per heavy atom. The minimum Gasteiger partial charge on any atom is -0.333 e. The molecular weight excluding hydrogens is 368 g/mol. The Bertz CT molecular complexity index is 1010. The van der Waals surface area contributed by atoms with Crippen molar-refractivity contribution in [3.8, 4) is 0 Å². The first-order chi connectivity index (χ1) is 13.4. The Hall–Kier alpha value is -2.52. The summed E-state index contributed by atoms with van der Waals surface area (Å²) in [7, 11) is 0. The lowest BCUT2D eigenvalue weighted by Crippen LogP contribution is -2.31. The maximum absolute atomic E-state index is 13.5. The molecule has 0 bridgehead atoms. The lowest BCUT2D eigenvalue weighted by atomic mass is 10.0. The van der Waals surface area contributed by atoms with Crippen LogP contribution in [0.1, 0.15) is 53.9 Å². The number of aryl methyl sites for hydroxylation is 2. The van der Waals surface area contributed by atoms with E-state index < -0.39 is 0 Å². The number of carbonyl (C=O) groups is 1. The van der Waals surface area contributed by atoms with Gasteiger partial charge < -0.3 is 9.47 Å². The predicted molar refractivity (Wildman–Crippen MR) is 115 cm³/mol. The molecule has 1 aliphatic heterocycles. The molecule has 0 N–H and O–H groups in total. The highest BCUT2D eigenvalue weighted by molar-refractivity contribution is 6.31. The number of aromatic nitrogens is 1. The van der Waals surface area contributed by atoms with Crippen molar-refractivity contribution in [2.75, 3.05) is 4.90 Å². The fourth-order valence-corrected chi connectivity index (χ4v) is 4.26. The van der Waals surface area contributed by atoms with E-state index in [1.807, 2.05) is 36.9 Å². The maximum Gasteiger partial charge on any atom is 0.255 e. The number of carbonyl (C=O) groups excluding carboxylic acids is 1. The van der Waals surface area contributed by atoms with Gasteiger partial charge in [-0.2, -0.15) is 0 Å². The summed E-state index contributed by atoms with van der Waals surface area (Å²) >= 11 is 6.29. The molecule has 1 amide bonds. The number of nitrogens with zero attached hydrogens (tertiary/aromatic N) is 2. The quantitative estimate of drug-likeness (QED) is 0.533. The number of hydrogen-bond acceptors (Lipinski definition) is 1. The van der Waals surface area contributed by atoms with Gasteiger partial charge in [0.25, 0.3) is 5.91 Å². The van der Waals surface area contributed by atoms with E-state index in [2.05, 4.69) is 54.8 Å². The fourth-order valence-electron chi connectivity index (χ4n) is 4.08. The lowest BCUT2D eigenvalue weighted by molar-refractivity contribution is -0.120. The summed E-state index contributed by atoms with van der Waals surface area (Å²) in [5, 5.41) is 0.655. The highest BCUT2D eigenvalue weighted by atomic mass is 35.5. The van der Waals surface area contributed by atoms with Crippen molar-refractivity contribution in [1.29, 1.82) is 0 Å². The highest BCUT2D eigenvalue weighted by Crippen LogP contribution is 2.41. The van der Waals surface area contributed by atoms with Crippen LogP contribution in [0.4, 0.5) is 5.69 Å². The van der Waals surface area contributed by atoms with Crippen LogP contribution in [0.25, 0.3) is 0 Å². The second-order valence-electron chi connectivity index (χ2n) is 7.91. The van der Waals surface area contributed by atoms with E-state index in [1.54, 1.807) is 0 Å². The second kappa shape index (κ2) is 7.14. The Morgan fingerprint density at radius 3 is 2.21 bits per heavy atom. The predicted octanol–water partition coefficient (Wildman–Crippen LogP) is 6.02. The molecule has 3 aromatic rings. The van der Waals surface area contributed by atoms with E-state index in [-0.39, 0.29) is 11.9 Å². The number of benzene rings is 2. The van der Waals surface area contributed by atoms with E-state index in [1.165, 1.54) is 5.56 Å². The maximum atomic E-state index is 13.5. The number of halogens is 1. The van der Waals surface area contributed by atoms with Crippen LogP contribution < -0.4 is 4.90 Å². The van der Waals surface area contributed by atoms with Crippen LogP contribution in [-0.2, 0) is 11.3 Å². The summed E-state index contributed by atoms with van der Waals surface area (Å²) < 4.78 is 2.11. The molecule has 4 rings (SSSR count). The average molecular weight is 393 g/mol. The van der Waals surface area contributed by atoms with Gasteiger partial charge in [0, 0.05) is 22.0 Å². The van der Waals surface area contributed by atoms with Crippen LogP contribution in [0.2, 0.25) is 5.02 Å². The number of amides is 1. The number of rotatable bonds is 4. The van der Waals surface area contributed by atoms with Crippen LogP contribution in [0, 0.1) is 13.8 Å². The van der Waals surface area contributed by atoms with Gasteiger partial charge in [-0.25, -0.2) is 0 Å². The van der Waals surface area contributed by atoms with Gasteiger partial charge in [0.05, 0.1) is 12.2 Å². The largest absolute Gasteiger partial charge is 0.333 e. The summed E-state index contributed by atoms with van der Waals surface area (Å²) in [6.45, 7) is 9.01. The smallest absolute Gasteiger partial charge is 0.255 e. The van der Waals surface area contributed by atoms with E-state index in [9.17, 15) is 4.79 Å². The summed E-state index contributed by atoms with van der Waals surface area (Å²) in [5.74, 6) is 0.585. The molecule has 3 nitrogen and oxygen atoms in total. The third-order valence-electron chi connectivity index (χ3n) is 5.65. The normalized spacial score (nSPS) is 16.1. The zero-order valence-electron chi connectivity index (χ0n) is 16.7. The molecule has 0 fully saturated rings. The SMILES string of the molecule is Cc1ccc(C)n1C1C(=O)N(Cc2ccc(C(C)C)cc2)c2ccc(Cl)cc21. The summed E-state index contributed by atoms with van der Waals surface area (Å²) in [6.07, 6.45) is 0. The highest BCUT2D eigenvalue weighted by Gasteiger charge is 2.39. The molecule has 1 unspecified atom stereocenters. The third-order valence-corrected chi connectivity index (χ3v) is 5.88. The molecule has 0 spiro atoms. The van der Waals surface area contributed by atoms with Gasteiger partial charge in [-0.1, -0.05) is 49.7 Å². The first-order valence-corrected chi connectivity index (χ1v) is 10.1. The Morgan fingerprint density at radius 1 is 0.964 bits per heavy atom. The van der Waals surface area contributed by atoms with Crippen LogP contribution in [0.5, 0.6) is 0 Å². The van der Waals surface area contributed by atoms with Crippen LogP contribution in [0.3, 0.4) is 0 Å². The monoisotopic (exact) mass is 392 g/mol. The minimum atomic E-state index is -0.362. The van der Waals surface area contributed by atoms with E-state index >= 15 is 0 Å². The number of hydrogen-bond donors (Lipinski definition) is 0. The molecule has 1 atom stereocenters. The molecule has 28 heavy (non-hydrogen) atoms. The molecule has 0 radical (unpaired) electrons. The first kappa shape index (κ1) is 18.8. The van der Waals surface area contributed by atoms with Gasteiger partial charge in [0.15, 0.2) is 0 Å². The van der Waals surface area contributed by atoms with Gasteiger partial charge in [0.1, 0.15) is 6.04 Å². The van der Waals surface area contributed by atoms with Gasteiger partial charge in [-0.05, 0) is 61.2 Å². The van der Waals surface area contributed by atoms with Crippen molar-refractivity contribution in [3.63, 3.8) is 0 Å². The summed E-state index contributed by atoms with van der Waals surface area (Å²) in [6, 6.07) is 18.1. The van der Waals surface area contributed by atoms with E-state index in [0.29, 0.717) is 17.5 Å². The van der Waals surface area contributed by atoms with Crippen molar-refractivity contribution in [1.82, 2.24) is 4.57 Å². The van der Waals surface area contributed by atoms with Crippen molar-refractivity contribution in [3.05, 3.63) is 87.7 Å². The zero-order valence-corrected chi connectivity index (χ0v) is 17.5. The van der Waals surface area contributed by atoms with Gasteiger partial charge in [-0.3, -0.25) is 4.79 Å². The molecule has 2 heterocycles. The minimum absolute atomic E-state index is 0.0904. The number of anilines is 1. The van der Waals surface area contributed by atoms with E-state index in [4.69, 9.17) is 11.6 Å². The van der Waals surface area contributed by atoms with Gasteiger partial charge >= 0.3 is 0 Å². The average Bonchev–Trinajstić information content (AvgIpc) is 3.12. The van der Waals surface area contributed by atoms with Crippen LogP contribution >= 0.6 is 11.6 Å². The standard InChI is InChI=1S/C24H25ClN2O/c1-15(2)19-9-7-18(8-10-19)14-26-22-12-11-20(25)13-21(22)23(24(26)28)27-16(3)5-6-17(27)4/h5-13,15,23H,14H2,1-4H3. The van der Waals surface area contributed by atoms with Crippen molar-refractivity contribution in [2.24, 2.45) is 0 Å². The lowest BCUT2D eigenvalue weighted by Gasteiger charge is -2.20. The first-order valence-electron chi connectivity index (χ1n) is 9.71. The fraction of sp³-hybridized carbons (Fsp3) is 0.292. The van der Waals surface area contributed by atoms with Crippen molar-refractivity contribution in [2.45, 2.75) is 46.2 Å². The second-order valence-corrected chi connectivity index (χ2v) is 8.35. The molecule has 0 aliphatic carbocycles. The molecule has 1 aromatic heterocycles. The Kier molecular flexibility index (Phi) is 4.80. The molecule has 2 aromatic carbocycles. The molecule has 0 saturated heterocycles. The van der Waals surface area contributed by atoms with Crippen molar-refractivity contribution >= 4 is 23.2 Å².